The van der Waals surface area contributed by atoms with Gasteiger partial charge in [-0.15, -0.1) is 0 Å². The van der Waals surface area contributed by atoms with E-state index < -0.39 is 0 Å². The van der Waals surface area contributed by atoms with Crippen LogP contribution in [0, 0.1) is 3.57 Å². The summed E-state index contributed by atoms with van der Waals surface area (Å²) in [7, 11) is 0. The summed E-state index contributed by atoms with van der Waals surface area (Å²) < 4.78 is 1.60. The fourth-order valence-corrected chi connectivity index (χ4v) is 2.83. The predicted octanol–water partition coefficient (Wildman–Crippen LogP) is 3.91. The lowest BCUT2D eigenvalue weighted by Gasteiger charge is -2.04. The molecule has 0 heterocycles. The van der Waals surface area contributed by atoms with Gasteiger partial charge in [0.2, 0.25) is 0 Å². The Bertz CT molecular complexity index is 338. The van der Waals surface area contributed by atoms with Crippen LogP contribution in [0.3, 0.4) is 0 Å². The summed E-state index contributed by atoms with van der Waals surface area (Å²) in [6.07, 6.45) is 0. The summed E-state index contributed by atoms with van der Waals surface area (Å²) in [4.78, 5) is 11.1. The van der Waals surface area contributed by atoms with Crippen LogP contribution in [0.25, 0.3) is 0 Å². The SMILES string of the molecule is CC(=O)c1c(I)ccc(Cl)c1Br. The number of rotatable bonds is 1. The molecule has 1 nitrogen and oxygen atoms in total. The maximum atomic E-state index is 11.1. The van der Waals surface area contributed by atoms with Crippen molar-refractivity contribution in [3.05, 3.63) is 30.8 Å². The van der Waals surface area contributed by atoms with Crippen molar-refractivity contribution in [1.82, 2.24) is 0 Å². The summed E-state index contributed by atoms with van der Waals surface area (Å²) in [5.74, 6) is 0.0220. The first-order valence-electron chi connectivity index (χ1n) is 3.18. The van der Waals surface area contributed by atoms with Crippen molar-refractivity contribution < 1.29 is 4.79 Å². The van der Waals surface area contributed by atoms with Gasteiger partial charge in [-0.05, 0) is 57.6 Å². The molecule has 64 valence electrons. The summed E-state index contributed by atoms with van der Waals surface area (Å²) in [6.45, 7) is 1.53. The van der Waals surface area contributed by atoms with Gasteiger partial charge < -0.3 is 0 Å². The quantitative estimate of drug-likeness (QED) is 0.422. The molecule has 1 aromatic rings. The van der Waals surface area contributed by atoms with Crippen LogP contribution in [0.5, 0.6) is 0 Å². The second kappa shape index (κ2) is 4.07. The van der Waals surface area contributed by atoms with E-state index in [9.17, 15) is 4.79 Å². The molecule has 0 saturated carbocycles. The molecule has 0 fully saturated rings. The average Bonchev–Trinajstić information content (AvgIpc) is 1.97. The Morgan fingerprint density at radius 2 is 2.17 bits per heavy atom. The zero-order valence-electron chi connectivity index (χ0n) is 6.20. The van der Waals surface area contributed by atoms with E-state index in [2.05, 4.69) is 38.5 Å². The second-order valence-electron chi connectivity index (χ2n) is 2.27. The van der Waals surface area contributed by atoms with Crippen LogP contribution in [0.15, 0.2) is 16.6 Å². The zero-order chi connectivity index (χ0) is 9.30. The fraction of sp³-hybridized carbons (Fsp3) is 0.125. The van der Waals surface area contributed by atoms with E-state index in [0.717, 1.165) is 3.57 Å². The maximum Gasteiger partial charge on any atom is 0.162 e. The van der Waals surface area contributed by atoms with Crippen LogP contribution in [0.4, 0.5) is 0 Å². The third-order valence-electron chi connectivity index (χ3n) is 1.40. The monoisotopic (exact) mass is 358 g/mol. The number of hydrogen-bond acceptors (Lipinski definition) is 1. The lowest BCUT2D eigenvalue weighted by Crippen LogP contribution is -1.97. The number of ketones is 1. The van der Waals surface area contributed by atoms with E-state index in [4.69, 9.17) is 11.6 Å². The normalized spacial score (nSPS) is 10.0. The molecule has 0 amide bonds. The molecular weight excluding hydrogens is 354 g/mol. The Kier molecular flexibility index (Phi) is 3.55. The Morgan fingerprint density at radius 1 is 1.58 bits per heavy atom. The molecule has 0 spiro atoms. The van der Waals surface area contributed by atoms with Crippen molar-refractivity contribution >= 4 is 55.9 Å². The van der Waals surface area contributed by atoms with Crippen LogP contribution < -0.4 is 0 Å². The van der Waals surface area contributed by atoms with Crippen molar-refractivity contribution in [2.75, 3.05) is 0 Å². The lowest BCUT2D eigenvalue weighted by molar-refractivity contribution is 0.101. The minimum Gasteiger partial charge on any atom is -0.294 e. The topological polar surface area (TPSA) is 17.1 Å². The third-order valence-corrected chi connectivity index (χ3v) is 3.66. The largest absolute Gasteiger partial charge is 0.294 e. The zero-order valence-corrected chi connectivity index (χ0v) is 10.7. The van der Waals surface area contributed by atoms with Crippen molar-refractivity contribution in [3.8, 4) is 0 Å². The summed E-state index contributed by atoms with van der Waals surface area (Å²) in [5.41, 5.74) is 0.656. The summed E-state index contributed by atoms with van der Waals surface area (Å²) in [5, 5.41) is 0.570. The van der Waals surface area contributed by atoms with Gasteiger partial charge in [0.05, 0.1) is 5.02 Å². The number of carbonyl (C=O) groups is 1. The van der Waals surface area contributed by atoms with Gasteiger partial charge >= 0.3 is 0 Å². The number of carbonyl (C=O) groups excluding carboxylic acids is 1. The molecule has 0 atom stereocenters. The van der Waals surface area contributed by atoms with Gasteiger partial charge in [-0.25, -0.2) is 0 Å². The van der Waals surface area contributed by atoms with Gasteiger partial charge in [0.15, 0.2) is 5.78 Å². The van der Waals surface area contributed by atoms with E-state index in [-0.39, 0.29) is 5.78 Å². The fourth-order valence-electron chi connectivity index (χ4n) is 0.850. The molecule has 0 aliphatic heterocycles. The van der Waals surface area contributed by atoms with Crippen molar-refractivity contribution in [3.63, 3.8) is 0 Å². The highest BCUT2D eigenvalue weighted by Crippen LogP contribution is 2.29. The smallest absolute Gasteiger partial charge is 0.162 e. The highest BCUT2D eigenvalue weighted by Gasteiger charge is 2.11. The van der Waals surface area contributed by atoms with E-state index in [1.54, 1.807) is 6.07 Å². The average molecular weight is 359 g/mol. The second-order valence-corrected chi connectivity index (χ2v) is 4.64. The molecule has 1 rings (SSSR count). The van der Waals surface area contributed by atoms with Crippen molar-refractivity contribution in [2.45, 2.75) is 6.92 Å². The minimum absolute atomic E-state index is 0.0220. The van der Waals surface area contributed by atoms with Gasteiger partial charge in [-0.1, -0.05) is 11.6 Å². The van der Waals surface area contributed by atoms with Gasteiger partial charge in [-0.3, -0.25) is 4.79 Å². The molecule has 4 heteroatoms. The Balaban J connectivity index is 3.43. The van der Waals surface area contributed by atoms with Crippen LogP contribution in [-0.2, 0) is 0 Å². The van der Waals surface area contributed by atoms with E-state index in [1.165, 1.54) is 6.92 Å². The number of benzene rings is 1. The van der Waals surface area contributed by atoms with Gasteiger partial charge in [0.25, 0.3) is 0 Å². The maximum absolute atomic E-state index is 11.1. The summed E-state index contributed by atoms with van der Waals surface area (Å²) >= 11 is 11.2. The first kappa shape index (κ1) is 10.5. The Labute approximate surface area is 97.8 Å². The molecule has 0 aromatic heterocycles. The van der Waals surface area contributed by atoms with Gasteiger partial charge in [0.1, 0.15) is 0 Å². The highest BCUT2D eigenvalue weighted by atomic mass is 127. The van der Waals surface area contributed by atoms with E-state index >= 15 is 0 Å². The van der Waals surface area contributed by atoms with Crippen LogP contribution >= 0.6 is 50.1 Å². The molecule has 0 saturated heterocycles. The Hall–Kier alpha value is 0.390. The predicted molar refractivity (Wildman–Crippen MR) is 61.9 cm³/mol. The molecule has 0 unspecified atom stereocenters. The molecule has 0 aliphatic rings. The molecule has 12 heavy (non-hydrogen) atoms. The molecule has 1 aromatic carbocycles. The van der Waals surface area contributed by atoms with E-state index in [0.29, 0.717) is 15.1 Å². The third kappa shape index (κ3) is 2.00. The van der Waals surface area contributed by atoms with Gasteiger partial charge in [-0.2, -0.15) is 0 Å². The van der Waals surface area contributed by atoms with E-state index in [1.807, 2.05) is 6.07 Å². The molecule has 0 bridgehead atoms. The van der Waals surface area contributed by atoms with Crippen molar-refractivity contribution in [2.24, 2.45) is 0 Å². The van der Waals surface area contributed by atoms with Crippen LogP contribution in [-0.4, -0.2) is 5.78 Å². The number of hydrogen-bond donors (Lipinski definition) is 0. The molecular formula is C8H5BrClIO. The molecule has 0 radical (unpaired) electrons. The number of halogens is 3. The first-order chi connectivity index (χ1) is 5.54. The Morgan fingerprint density at radius 3 is 2.58 bits per heavy atom. The minimum atomic E-state index is 0.0220. The van der Waals surface area contributed by atoms with Crippen LogP contribution in [0.2, 0.25) is 5.02 Å². The van der Waals surface area contributed by atoms with Crippen molar-refractivity contribution in [1.29, 1.82) is 0 Å². The van der Waals surface area contributed by atoms with Gasteiger partial charge in [0, 0.05) is 13.6 Å². The molecule has 0 aliphatic carbocycles. The first-order valence-corrected chi connectivity index (χ1v) is 5.43. The summed E-state index contributed by atoms with van der Waals surface area (Å²) in [6, 6.07) is 3.59. The standard InChI is InChI=1S/C8H5BrClIO/c1-4(12)7-6(11)3-2-5(10)8(7)9/h2-3H,1H3. The highest BCUT2D eigenvalue weighted by molar-refractivity contribution is 14.1. The lowest BCUT2D eigenvalue weighted by atomic mass is 10.1. The van der Waals surface area contributed by atoms with Crippen LogP contribution in [0.1, 0.15) is 17.3 Å². The number of Topliss-reactive ketones (excluding diaryl/α,β-unsaturated/α-hetero) is 1. The molecule has 0 N–H and O–H groups in total.